The molecule has 118 valence electrons. The molecule has 2 aliphatic rings. The van der Waals surface area contributed by atoms with Gasteiger partial charge < -0.3 is 4.90 Å². The lowest BCUT2D eigenvalue weighted by atomic mass is 10.1. The van der Waals surface area contributed by atoms with Crippen molar-refractivity contribution in [2.75, 3.05) is 11.4 Å². The number of aryl methyl sites for hydroxylation is 1. The highest BCUT2D eigenvalue weighted by Gasteiger charge is 2.33. The summed E-state index contributed by atoms with van der Waals surface area (Å²) in [5, 5.41) is 8.76. The number of amides is 1. The van der Waals surface area contributed by atoms with Crippen LogP contribution in [0.4, 0.5) is 5.69 Å². The van der Waals surface area contributed by atoms with Crippen LogP contribution in [-0.4, -0.2) is 23.9 Å². The largest absolute Gasteiger partial charge is 0.302 e. The molecule has 0 bridgehead atoms. The monoisotopic (exact) mass is 315 g/mol. The minimum atomic E-state index is -0.119. The third-order valence-corrected chi connectivity index (χ3v) is 4.44. The zero-order valence-electron chi connectivity index (χ0n) is 13.3. The van der Waals surface area contributed by atoms with Crippen LogP contribution in [-0.2, 0) is 11.2 Å². The number of hydrogen-bond acceptors (Lipinski definition) is 3. The third-order valence-electron chi connectivity index (χ3n) is 4.44. The summed E-state index contributed by atoms with van der Waals surface area (Å²) in [4.78, 5) is 14.4. The van der Waals surface area contributed by atoms with Crippen LogP contribution < -0.4 is 4.90 Å². The Morgan fingerprint density at radius 2 is 1.75 bits per heavy atom. The number of carbonyl (C=O) groups is 1. The maximum atomic E-state index is 12.7. The van der Waals surface area contributed by atoms with Gasteiger partial charge in [-0.05, 0) is 24.5 Å². The second-order valence-corrected chi connectivity index (χ2v) is 5.87. The molecule has 0 saturated heterocycles. The van der Waals surface area contributed by atoms with E-state index in [9.17, 15) is 4.79 Å². The minimum Gasteiger partial charge on any atom is -0.302 e. The summed E-state index contributed by atoms with van der Waals surface area (Å²) in [5.74, 6) is -0.119. The van der Waals surface area contributed by atoms with Crippen molar-refractivity contribution >= 4 is 23.0 Å². The van der Waals surface area contributed by atoms with Gasteiger partial charge in [0.1, 0.15) is 0 Å². The van der Waals surface area contributed by atoms with Crippen molar-refractivity contribution in [3.8, 4) is 0 Å². The van der Waals surface area contributed by atoms with Crippen LogP contribution in [0.2, 0.25) is 0 Å². The first-order valence-electron chi connectivity index (χ1n) is 8.04. The zero-order chi connectivity index (χ0) is 16.5. The van der Waals surface area contributed by atoms with Gasteiger partial charge in [-0.3, -0.25) is 4.79 Å². The van der Waals surface area contributed by atoms with E-state index in [4.69, 9.17) is 0 Å². The Balaban J connectivity index is 1.75. The van der Waals surface area contributed by atoms with Crippen LogP contribution in [0.15, 0.2) is 71.4 Å². The fourth-order valence-corrected chi connectivity index (χ4v) is 3.29. The molecular weight excluding hydrogens is 298 g/mol. The molecule has 1 aliphatic carbocycles. The summed E-state index contributed by atoms with van der Waals surface area (Å²) < 4.78 is 0. The molecule has 4 heteroatoms. The number of hydrogen-bond donors (Lipinski definition) is 0. The molecular formula is C20H17N3O. The summed E-state index contributed by atoms with van der Waals surface area (Å²) in [6, 6.07) is 15.9. The molecule has 0 atom stereocenters. The van der Waals surface area contributed by atoms with Gasteiger partial charge in [-0.15, -0.1) is 11.7 Å². The minimum absolute atomic E-state index is 0.119. The van der Waals surface area contributed by atoms with Crippen LogP contribution in [0.3, 0.4) is 0 Å². The number of anilines is 1. The highest BCUT2D eigenvalue weighted by atomic mass is 16.2. The molecule has 1 aliphatic heterocycles. The first kappa shape index (κ1) is 14.6. The summed E-state index contributed by atoms with van der Waals surface area (Å²) in [6.45, 7) is 4.20. The van der Waals surface area contributed by atoms with E-state index < -0.39 is 0 Å². The molecule has 0 N–H and O–H groups in total. The van der Waals surface area contributed by atoms with Gasteiger partial charge in [0.2, 0.25) is 0 Å². The molecule has 0 saturated carbocycles. The molecule has 24 heavy (non-hydrogen) atoms. The van der Waals surface area contributed by atoms with E-state index >= 15 is 0 Å². The fourth-order valence-electron chi connectivity index (χ4n) is 3.29. The molecule has 2 aromatic rings. The average molecular weight is 315 g/mol. The molecule has 1 heterocycles. The number of para-hydroxylation sites is 1. The van der Waals surface area contributed by atoms with Gasteiger partial charge in [0.25, 0.3) is 5.91 Å². The zero-order valence-corrected chi connectivity index (χ0v) is 13.3. The Hall–Kier alpha value is -3.01. The second-order valence-electron chi connectivity index (χ2n) is 5.87. The van der Waals surface area contributed by atoms with Gasteiger partial charge >= 0.3 is 0 Å². The van der Waals surface area contributed by atoms with Crippen molar-refractivity contribution in [2.24, 2.45) is 10.2 Å². The van der Waals surface area contributed by atoms with E-state index in [1.807, 2.05) is 36.4 Å². The number of rotatable bonds is 3. The Morgan fingerprint density at radius 1 is 1.00 bits per heavy atom. The topological polar surface area (TPSA) is 45.0 Å². The molecule has 2 aromatic carbocycles. The molecule has 0 radical (unpaired) electrons. The van der Waals surface area contributed by atoms with Crippen molar-refractivity contribution in [3.05, 3.63) is 77.9 Å². The summed E-state index contributed by atoms with van der Waals surface area (Å²) in [6.07, 6.45) is 3.56. The van der Waals surface area contributed by atoms with E-state index in [1.165, 1.54) is 5.56 Å². The summed E-state index contributed by atoms with van der Waals surface area (Å²) in [5.41, 5.74) is 5.49. The lowest BCUT2D eigenvalue weighted by molar-refractivity contribution is -0.112. The molecule has 1 amide bonds. The van der Waals surface area contributed by atoms with E-state index in [0.29, 0.717) is 12.3 Å². The maximum Gasteiger partial charge on any atom is 0.279 e. The van der Waals surface area contributed by atoms with Crippen molar-refractivity contribution < 1.29 is 4.79 Å². The lowest BCUT2D eigenvalue weighted by Gasteiger charge is -2.13. The van der Waals surface area contributed by atoms with Crippen molar-refractivity contribution in [1.82, 2.24) is 0 Å². The van der Waals surface area contributed by atoms with E-state index in [0.717, 1.165) is 35.4 Å². The smallest absolute Gasteiger partial charge is 0.279 e. The third kappa shape index (κ3) is 2.27. The first-order chi connectivity index (χ1) is 11.8. The van der Waals surface area contributed by atoms with Gasteiger partial charge in [0, 0.05) is 17.7 Å². The number of benzene rings is 2. The van der Waals surface area contributed by atoms with Crippen molar-refractivity contribution in [3.63, 3.8) is 0 Å². The molecule has 0 fully saturated rings. The van der Waals surface area contributed by atoms with E-state index in [2.05, 4.69) is 28.9 Å². The Morgan fingerprint density at radius 3 is 2.58 bits per heavy atom. The average Bonchev–Trinajstić information content (AvgIpc) is 3.14. The highest BCUT2D eigenvalue weighted by molar-refractivity contribution is 6.54. The SMILES string of the molecule is C=CCN1C(=O)/C(=N/N=C2\CCc3ccccc32)c2ccccc21. The van der Waals surface area contributed by atoms with Gasteiger partial charge in [-0.2, -0.15) is 5.10 Å². The number of carbonyl (C=O) groups excluding carboxylic acids is 1. The quantitative estimate of drug-likeness (QED) is 0.633. The van der Waals surface area contributed by atoms with Crippen LogP contribution in [0, 0.1) is 0 Å². The van der Waals surface area contributed by atoms with Crippen molar-refractivity contribution in [1.29, 1.82) is 0 Å². The molecule has 0 spiro atoms. The fraction of sp³-hybridized carbons (Fsp3) is 0.150. The van der Waals surface area contributed by atoms with Gasteiger partial charge in [0.05, 0.1) is 11.4 Å². The summed E-state index contributed by atoms with van der Waals surface area (Å²) in [7, 11) is 0. The van der Waals surface area contributed by atoms with Gasteiger partial charge in [0.15, 0.2) is 5.71 Å². The summed E-state index contributed by atoms with van der Waals surface area (Å²) >= 11 is 0. The van der Waals surface area contributed by atoms with Gasteiger partial charge in [-0.1, -0.05) is 48.5 Å². The van der Waals surface area contributed by atoms with Crippen LogP contribution in [0.1, 0.15) is 23.1 Å². The Bertz CT molecular complexity index is 895. The standard InChI is InChI=1S/C20H17N3O/c1-2-13-23-18-10-6-5-9-16(18)19(20(23)24)22-21-17-12-11-14-7-3-4-8-15(14)17/h2-10H,1,11-13H2/b21-17+,22-19+. The number of nitrogens with zero attached hydrogens (tertiary/aromatic N) is 3. The molecule has 0 unspecified atom stereocenters. The normalized spacial score (nSPS) is 19.0. The van der Waals surface area contributed by atoms with Crippen LogP contribution >= 0.6 is 0 Å². The lowest BCUT2D eigenvalue weighted by Crippen LogP contribution is -2.30. The predicted molar refractivity (Wildman–Crippen MR) is 96.8 cm³/mol. The Labute approximate surface area is 140 Å². The van der Waals surface area contributed by atoms with E-state index in [1.54, 1.807) is 11.0 Å². The highest BCUT2D eigenvalue weighted by Crippen LogP contribution is 2.29. The second kappa shape index (κ2) is 5.89. The molecule has 4 nitrogen and oxygen atoms in total. The van der Waals surface area contributed by atoms with Crippen LogP contribution in [0.5, 0.6) is 0 Å². The molecule has 0 aromatic heterocycles. The Kier molecular flexibility index (Phi) is 3.58. The predicted octanol–water partition coefficient (Wildman–Crippen LogP) is 3.36. The number of fused-ring (bicyclic) bond motifs is 2. The molecule has 4 rings (SSSR count). The van der Waals surface area contributed by atoms with Crippen molar-refractivity contribution in [2.45, 2.75) is 12.8 Å². The maximum absolute atomic E-state index is 12.7. The first-order valence-corrected chi connectivity index (χ1v) is 8.04. The van der Waals surface area contributed by atoms with E-state index in [-0.39, 0.29) is 5.91 Å². The van der Waals surface area contributed by atoms with Gasteiger partial charge in [-0.25, -0.2) is 0 Å². The van der Waals surface area contributed by atoms with Crippen LogP contribution in [0.25, 0.3) is 0 Å².